The molecule has 1 aliphatic rings. The molecule has 2 N–H and O–H groups in total. The van der Waals surface area contributed by atoms with E-state index in [0.717, 1.165) is 32.7 Å². The Bertz CT molecular complexity index is 377. The Labute approximate surface area is 109 Å². The summed E-state index contributed by atoms with van der Waals surface area (Å²) < 4.78 is 0. The lowest BCUT2D eigenvalue weighted by atomic mass is 10.2. The quantitative estimate of drug-likeness (QED) is 0.608. The van der Waals surface area contributed by atoms with Gasteiger partial charge in [-0.2, -0.15) is 0 Å². The molecule has 1 aromatic carbocycles. The summed E-state index contributed by atoms with van der Waals surface area (Å²) in [7, 11) is 2.08. The summed E-state index contributed by atoms with van der Waals surface area (Å²) in [5, 5.41) is 1.89. The lowest BCUT2D eigenvalue weighted by Crippen LogP contribution is -2.33. The molecule has 0 atom stereocenters. The summed E-state index contributed by atoms with van der Waals surface area (Å²) in [6.07, 6.45) is 5.32. The van der Waals surface area contributed by atoms with Gasteiger partial charge in [-0.15, -0.1) is 0 Å². The summed E-state index contributed by atoms with van der Waals surface area (Å²) in [5.74, 6) is 6.00. The molecule has 0 saturated carbocycles. The highest BCUT2D eigenvalue weighted by molar-refractivity contribution is 5.14. The van der Waals surface area contributed by atoms with E-state index in [9.17, 15) is 0 Å². The average Bonchev–Trinajstić information content (AvgIpc) is 2.76. The van der Waals surface area contributed by atoms with Gasteiger partial charge in [0.05, 0.1) is 6.67 Å². The number of nitrogens with two attached hydrogens (primary N) is 1. The highest BCUT2D eigenvalue weighted by Gasteiger charge is 2.08. The second-order valence-corrected chi connectivity index (χ2v) is 4.82. The van der Waals surface area contributed by atoms with E-state index in [1.165, 1.54) is 5.56 Å². The third-order valence-corrected chi connectivity index (χ3v) is 3.06. The van der Waals surface area contributed by atoms with Crippen molar-refractivity contribution < 1.29 is 0 Å². The maximum absolute atomic E-state index is 6.00. The lowest BCUT2D eigenvalue weighted by Gasteiger charge is -2.20. The first-order valence-electron chi connectivity index (χ1n) is 6.40. The van der Waals surface area contributed by atoms with E-state index < -0.39 is 0 Å². The van der Waals surface area contributed by atoms with Gasteiger partial charge in [0.2, 0.25) is 0 Å². The van der Waals surface area contributed by atoms with Crippen LogP contribution in [-0.4, -0.2) is 41.6 Å². The van der Waals surface area contributed by atoms with Crippen LogP contribution in [0.25, 0.3) is 0 Å². The van der Waals surface area contributed by atoms with Gasteiger partial charge in [-0.3, -0.25) is 5.84 Å². The fourth-order valence-corrected chi connectivity index (χ4v) is 2.11. The van der Waals surface area contributed by atoms with Gasteiger partial charge in [0.25, 0.3) is 0 Å². The van der Waals surface area contributed by atoms with Gasteiger partial charge >= 0.3 is 0 Å². The molecule has 98 valence electrons. The Morgan fingerprint density at radius 2 is 2.00 bits per heavy atom. The second-order valence-electron chi connectivity index (χ2n) is 4.82. The number of hydrazine groups is 1. The van der Waals surface area contributed by atoms with Gasteiger partial charge in [0.1, 0.15) is 0 Å². The first kappa shape index (κ1) is 12.9. The molecular formula is C14H22N4. The number of nitrogens with zero attached hydrogens (tertiary/aromatic N) is 3. The van der Waals surface area contributed by atoms with E-state index in [4.69, 9.17) is 5.84 Å². The molecule has 0 spiro atoms. The molecule has 4 heteroatoms. The summed E-state index contributed by atoms with van der Waals surface area (Å²) in [4.78, 5) is 4.47. The van der Waals surface area contributed by atoms with E-state index in [-0.39, 0.29) is 0 Å². The van der Waals surface area contributed by atoms with Crippen molar-refractivity contribution in [1.82, 2.24) is 14.8 Å². The van der Waals surface area contributed by atoms with E-state index >= 15 is 0 Å². The molecule has 0 radical (unpaired) electrons. The maximum atomic E-state index is 6.00. The van der Waals surface area contributed by atoms with Crippen molar-refractivity contribution in [3.05, 3.63) is 48.3 Å². The molecule has 1 heterocycles. The Morgan fingerprint density at radius 3 is 2.67 bits per heavy atom. The minimum Gasteiger partial charge on any atom is -0.362 e. The predicted octanol–water partition coefficient (Wildman–Crippen LogP) is 1.43. The lowest BCUT2D eigenvalue weighted by molar-refractivity contribution is 0.239. The highest BCUT2D eigenvalue weighted by Crippen LogP contribution is 2.05. The molecule has 0 aliphatic carbocycles. The van der Waals surface area contributed by atoms with Crippen molar-refractivity contribution in [2.75, 3.05) is 26.8 Å². The van der Waals surface area contributed by atoms with Crippen molar-refractivity contribution >= 4 is 0 Å². The van der Waals surface area contributed by atoms with Crippen molar-refractivity contribution in [1.29, 1.82) is 0 Å². The van der Waals surface area contributed by atoms with E-state index in [1.807, 2.05) is 23.2 Å². The molecular weight excluding hydrogens is 224 g/mol. The molecule has 0 saturated heterocycles. The van der Waals surface area contributed by atoms with Crippen molar-refractivity contribution in [3.63, 3.8) is 0 Å². The highest BCUT2D eigenvalue weighted by atomic mass is 15.4. The number of hydrogen-bond acceptors (Lipinski definition) is 4. The van der Waals surface area contributed by atoms with Crippen LogP contribution in [0.15, 0.2) is 42.7 Å². The zero-order chi connectivity index (χ0) is 12.8. The topological polar surface area (TPSA) is 35.7 Å². The van der Waals surface area contributed by atoms with Crippen LogP contribution in [0.5, 0.6) is 0 Å². The van der Waals surface area contributed by atoms with Gasteiger partial charge in [0, 0.05) is 39.1 Å². The summed E-state index contributed by atoms with van der Waals surface area (Å²) in [5.41, 5.74) is 1.26. The zero-order valence-electron chi connectivity index (χ0n) is 11.0. The molecule has 1 aliphatic heterocycles. The second kappa shape index (κ2) is 6.42. The van der Waals surface area contributed by atoms with Gasteiger partial charge < -0.3 is 9.80 Å². The normalized spacial score (nSPS) is 14.8. The van der Waals surface area contributed by atoms with Gasteiger partial charge in [-0.25, -0.2) is 5.01 Å². The Kier molecular flexibility index (Phi) is 4.61. The van der Waals surface area contributed by atoms with Gasteiger partial charge in [-0.05, 0) is 12.0 Å². The van der Waals surface area contributed by atoms with Crippen molar-refractivity contribution in [2.24, 2.45) is 5.84 Å². The van der Waals surface area contributed by atoms with Crippen molar-refractivity contribution in [2.45, 2.75) is 13.0 Å². The van der Waals surface area contributed by atoms with Crippen LogP contribution in [-0.2, 0) is 6.54 Å². The summed E-state index contributed by atoms with van der Waals surface area (Å²) in [6.45, 7) is 3.78. The van der Waals surface area contributed by atoms with Crippen LogP contribution < -0.4 is 5.84 Å². The first-order valence-corrected chi connectivity index (χ1v) is 6.40. The van der Waals surface area contributed by atoms with E-state index in [1.54, 1.807) is 0 Å². The maximum Gasteiger partial charge on any atom is 0.0890 e. The van der Waals surface area contributed by atoms with E-state index in [0.29, 0.717) is 0 Å². The summed E-state index contributed by atoms with van der Waals surface area (Å²) in [6, 6.07) is 10.3. The third kappa shape index (κ3) is 4.05. The molecule has 0 fully saturated rings. The fourth-order valence-electron chi connectivity index (χ4n) is 2.11. The van der Waals surface area contributed by atoms with Crippen LogP contribution in [0.2, 0.25) is 0 Å². The van der Waals surface area contributed by atoms with Gasteiger partial charge in [-0.1, -0.05) is 30.3 Å². The monoisotopic (exact) mass is 246 g/mol. The molecule has 0 bridgehead atoms. The Morgan fingerprint density at radius 1 is 1.22 bits per heavy atom. The molecule has 1 aromatic rings. The number of benzene rings is 1. The average molecular weight is 246 g/mol. The minimum atomic E-state index is 0.816. The molecule has 2 rings (SSSR count). The largest absolute Gasteiger partial charge is 0.362 e. The summed E-state index contributed by atoms with van der Waals surface area (Å²) >= 11 is 0. The Hall–Kier alpha value is -1.52. The standard InChI is InChI=1S/C14H22N4/c1-16-10-11-17(13-16)8-5-9-18(15)12-14-6-3-2-4-7-14/h2-4,6-7,10-11H,5,8-9,12-13,15H2,1H3. The zero-order valence-corrected chi connectivity index (χ0v) is 11.0. The predicted molar refractivity (Wildman–Crippen MR) is 74.1 cm³/mol. The van der Waals surface area contributed by atoms with Crippen LogP contribution in [0, 0.1) is 0 Å². The Balaban J connectivity index is 1.63. The van der Waals surface area contributed by atoms with Crippen LogP contribution in [0.4, 0.5) is 0 Å². The van der Waals surface area contributed by atoms with Crippen LogP contribution in [0.3, 0.4) is 0 Å². The van der Waals surface area contributed by atoms with Crippen LogP contribution in [0.1, 0.15) is 12.0 Å². The van der Waals surface area contributed by atoms with E-state index in [2.05, 4.69) is 41.4 Å². The van der Waals surface area contributed by atoms with Crippen LogP contribution >= 0.6 is 0 Å². The fraction of sp³-hybridized carbons (Fsp3) is 0.429. The van der Waals surface area contributed by atoms with Gasteiger partial charge in [0.15, 0.2) is 0 Å². The molecule has 4 nitrogen and oxygen atoms in total. The third-order valence-electron chi connectivity index (χ3n) is 3.06. The number of hydrogen-bond donors (Lipinski definition) is 1. The van der Waals surface area contributed by atoms with Crippen molar-refractivity contribution in [3.8, 4) is 0 Å². The molecule has 0 amide bonds. The first-order chi connectivity index (χ1) is 8.74. The smallest absolute Gasteiger partial charge is 0.0890 e. The molecule has 0 aromatic heterocycles. The number of rotatable bonds is 6. The minimum absolute atomic E-state index is 0.816. The molecule has 18 heavy (non-hydrogen) atoms. The SMILES string of the molecule is CN1C=CN(CCCN(N)Cc2ccccc2)C1. The molecule has 0 unspecified atom stereocenters.